The average Bonchev–Trinajstić information content (AvgIpc) is 3.10. The molecule has 1 rings (SSSR count). The predicted octanol–water partition coefficient (Wildman–Crippen LogP) is -2.13. The lowest BCUT2D eigenvalue weighted by molar-refractivity contribution is -0.143. The molecule has 0 heterocycles. The molecule has 0 radical (unpaired) electrons. The zero-order valence-electron chi connectivity index (χ0n) is 29.4. The van der Waals surface area contributed by atoms with Crippen LogP contribution in [0.5, 0.6) is 0 Å². The van der Waals surface area contributed by atoms with Crippen molar-refractivity contribution in [3.63, 3.8) is 0 Å². The molecule has 0 unspecified atom stereocenters. The molecule has 52 heavy (non-hydrogen) atoms. The molecule has 6 amide bonds. The Kier molecular flexibility index (Phi) is 22.6. The topological polar surface area (TPSA) is 305 Å². The van der Waals surface area contributed by atoms with Gasteiger partial charge in [0.1, 0.15) is 18.7 Å². The number of rotatable bonds is 27. The highest BCUT2D eigenvalue weighted by Crippen LogP contribution is 2.28. The van der Waals surface area contributed by atoms with Gasteiger partial charge in [-0.05, 0) is 50.9 Å². The molecule has 0 saturated heterocycles. The highest BCUT2D eigenvalue weighted by molar-refractivity contribution is 5.89. The summed E-state index contributed by atoms with van der Waals surface area (Å²) in [4.78, 5) is 106. The van der Waals surface area contributed by atoms with Crippen molar-refractivity contribution in [3.8, 4) is 0 Å². The maximum Gasteiger partial charge on any atom is 0.326 e. The van der Waals surface area contributed by atoms with Crippen LogP contribution in [-0.2, 0) is 52.6 Å². The van der Waals surface area contributed by atoms with Gasteiger partial charge in [-0.15, -0.1) is 0 Å². The van der Waals surface area contributed by atoms with Gasteiger partial charge in [0.15, 0.2) is 0 Å². The van der Waals surface area contributed by atoms with Crippen molar-refractivity contribution in [3.05, 3.63) is 0 Å². The number of carboxylic acid groups (broad SMARTS) is 3. The second-order valence-electron chi connectivity index (χ2n) is 12.2. The molecule has 0 aliphatic heterocycles. The van der Waals surface area contributed by atoms with Gasteiger partial charge in [-0.3, -0.25) is 38.4 Å². The fraction of sp³-hybridized carbons (Fsp3) is 0.719. The van der Waals surface area contributed by atoms with Gasteiger partial charge in [-0.2, -0.15) is 0 Å². The SMILES string of the molecule is CNC(=O)CNC(=O)COCCOCCNC(=O)[C@H](CCC(=O)O)NC(=O)CC[C@H](NC(=O)C1CCC(CNC(=O)CCCC(=O)O)CC1)C(=O)O. The first-order chi connectivity index (χ1) is 24.7. The number of nitrogens with one attached hydrogen (secondary N) is 6. The number of carbonyl (C=O) groups excluding carboxylic acids is 6. The minimum absolute atomic E-state index is 0.00313. The third kappa shape index (κ3) is 21.4. The van der Waals surface area contributed by atoms with Crippen molar-refractivity contribution < 1.29 is 67.9 Å². The van der Waals surface area contributed by atoms with E-state index in [1.54, 1.807) is 0 Å². The Labute approximate surface area is 300 Å². The second-order valence-corrected chi connectivity index (χ2v) is 12.2. The highest BCUT2D eigenvalue weighted by atomic mass is 16.5. The number of carbonyl (C=O) groups is 9. The van der Waals surface area contributed by atoms with E-state index in [1.165, 1.54) is 7.05 Å². The summed E-state index contributed by atoms with van der Waals surface area (Å²) in [6.07, 6.45) is 1.12. The molecule has 0 aromatic heterocycles. The molecule has 1 fully saturated rings. The molecule has 1 aliphatic carbocycles. The van der Waals surface area contributed by atoms with Gasteiger partial charge in [0, 0.05) is 51.7 Å². The van der Waals surface area contributed by atoms with E-state index in [9.17, 15) is 48.3 Å². The summed E-state index contributed by atoms with van der Waals surface area (Å²) in [5.41, 5.74) is 0. The molecular formula is C32H52N6O14. The summed E-state index contributed by atoms with van der Waals surface area (Å²) in [5, 5.41) is 42.3. The van der Waals surface area contributed by atoms with Crippen LogP contribution in [0.3, 0.4) is 0 Å². The lowest BCUT2D eigenvalue weighted by atomic mass is 9.81. The van der Waals surface area contributed by atoms with Crippen molar-refractivity contribution in [2.24, 2.45) is 11.8 Å². The van der Waals surface area contributed by atoms with Gasteiger partial charge >= 0.3 is 17.9 Å². The molecule has 0 aromatic carbocycles. The number of hydrogen-bond donors (Lipinski definition) is 9. The quantitative estimate of drug-likeness (QED) is 0.0406. The zero-order valence-corrected chi connectivity index (χ0v) is 29.4. The second kappa shape index (κ2) is 26.0. The van der Waals surface area contributed by atoms with Crippen molar-refractivity contribution >= 4 is 53.4 Å². The first-order valence-electron chi connectivity index (χ1n) is 17.1. The molecule has 1 saturated carbocycles. The fourth-order valence-corrected chi connectivity index (χ4v) is 5.07. The first-order valence-corrected chi connectivity index (χ1v) is 17.1. The number of amides is 6. The number of carboxylic acids is 3. The maximum atomic E-state index is 12.9. The summed E-state index contributed by atoms with van der Waals surface area (Å²) >= 11 is 0. The maximum absolute atomic E-state index is 12.9. The summed E-state index contributed by atoms with van der Waals surface area (Å²) in [7, 11) is 1.43. The van der Waals surface area contributed by atoms with Crippen LogP contribution in [-0.4, -0.2) is 134 Å². The van der Waals surface area contributed by atoms with Crippen molar-refractivity contribution in [1.82, 2.24) is 31.9 Å². The third-order valence-electron chi connectivity index (χ3n) is 8.05. The Morgan fingerprint density at radius 1 is 0.654 bits per heavy atom. The molecule has 20 nitrogen and oxygen atoms in total. The van der Waals surface area contributed by atoms with E-state index < -0.39 is 66.0 Å². The van der Waals surface area contributed by atoms with Gasteiger partial charge in [-0.1, -0.05) is 0 Å². The van der Waals surface area contributed by atoms with Crippen LogP contribution < -0.4 is 31.9 Å². The normalized spacial score (nSPS) is 16.3. The lowest BCUT2D eigenvalue weighted by Gasteiger charge is -2.28. The van der Waals surface area contributed by atoms with Crippen LogP contribution in [0.4, 0.5) is 0 Å². The summed E-state index contributed by atoms with van der Waals surface area (Å²) in [5.74, 6) is -6.81. The number of likely N-dealkylation sites (N-methyl/N-ethyl adjacent to an activating group) is 1. The third-order valence-corrected chi connectivity index (χ3v) is 8.05. The Morgan fingerprint density at radius 2 is 1.31 bits per heavy atom. The van der Waals surface area contributed by atoms with Crippen molar-refractivity contribution in [2.45, 2.75) is 82.7 Å². The Hall–Kier alpha value is -4.85. The molecule has 9 N–H and O–H groups in total. The van der Waals surface area contributed by atoms with Gasteiger partial charge in [0.25, 0.3) is 0 Å². The van der Waals surface area contributed by atoms with Crippen LogP contribution in [0, 0.1) is 11.8 Å². The largest absolute Gasteiger partial charge is 0.481 e. The van der Waals surface area contributed by atoms with Crippen molar-refractivity contribution in [1.29, 1.82) is 0 Å². The van der Waals surface area contributed by atoms with E-state index in [4.69, 9.17) is 19.7 Å². The monoisotopic (exact) mass is 744 g/mol. The first kappa shape index (κ1) is 45.2. The van der Waals surface area contributed by atoms with Gasteiger partial charge < -0.3 is 56.7 Å². The fourth-order valence-electron chi connectivity index (χ4n) is 5.07. The number of aliphatic carboxylic acids is 3. The molecule has 1 aliphatic rings. The smallest absolute Gasteiger partial charge is 0.326 e. The Bertz CT molecular complexity index is 1220. The van der Waals surface area contributed by atoms with Crippen LogP contribution >= 0.6 is 0 Å². The van der Waals surface area contributed by atoms with Crippen LogP contribution in [0.15, 0.2) is 0 Å². The van der Waals surface area contributed by atoms with E-state index in [0.717, 1.165) is 0 Å². The predicted molar refractivity (Wildman–Crippen MR) is 179 cm³/mol. The van der Waals surface area contributed by atoms with E-state index in [-0.39, 0.29) is 95.8 Å². The Morgan fingerprint density at radius 3 is 1.94 bits per heavy atom. The van der Waals surface area contributed by atoms with Crippen LogP contribution in [0.25, 0.3) is 0 Å². The molecule has 294 valence electrons. The zero-order chi connectivity index (χ0) is 38.9. The van der Waals surface area contributed by atoms with Gasteiger partial charge in [-0.25, -0.2) is 4.79 Å². The molecular weight excluding hydrogens is 692 g/mol. The van der Waals surface area contributed by atoms with Crippen LogP contribution in [0.2, 0.25) is 0 Å². The molecule has 20 heteroatoms. The van der Waals surface area contributed by atoms with E-state index in [2.05, 4.69) is 31.9 Å². The standard InChI is InChI=1S/C32H52N6O14/c1-33-26(41)18-36-27(42)19-52-16-15-51-14-13-34-31(48)22(10-12-29(45)46)37-25(40)11-9-23(32(49)50)38-30(47)21-7-5-20(6-8-21)17-35-24(39)3-2-4-28(43)44/h20-23H,2-19H2,1H3,(H,33,41)(H,34,48)(H,35,39)(H,36,42)(H,37,40)(H,38,47)(H,43,44)(H,45,46)(H,49,50)/t20?,21?,22-,23-/m0/s1. The number of ether oxygens (including phenoxy) is 2. The van der Waals surface area contributed by atoms with E-state index in [1.807, 2.05) is 0 Å². The lowest BCUT2D eigenvalue weighted by Crippen LogP contribution is -2.48. The van der Waals surface area contributed by atoms with Gasteiger partial charge in [0.2, 0.25) is 35.4 Å². The molecule has 0 aromatic rings. The Balaban J connectivity index is 2.43. The minimum atomic E-state index is -1.38. The molecule has 2 atom stereocenters. The van der Waals surface area contributed by atoms with Crippen molar-refractivity contribution in [2.75, 3.05) is 53.1 Å². The summed E-state index contributed by atoms with van der Waals surface area (Å²) in [6.45, 7) is 0.105. The van der Waals surface area contributed by atoms with Gasteiger partial charge in [0.05, 0.1) is 26.4 Å². The summed E-state index contributed by atoms with van der Waals surface area (Å²) in [6, 6.07) is -2.62. The van der Waals surface area contributed by atoms with Crippen LogP contribution in [0.1, 0.15) is 70.6 Å². The molecule has 0 bridgehead atoms. The minimum Gasteiger partial charge on any atom is -0.481 e. The molecule has 0 spiro atoms. The van der Waals surface area contributed by atoms with E-state index in [0.29, 0.717) is 32.2 Å². The van der Waals surface area contributed by atoms with E-state index >= 15 is 0 Å². The number of hydrogen-bond acceptors (Lipinski definition) is 11. The highest BCUT2D eigenvalue weighted by Gasteiger charge is 2.30. The average molecular weight is 745 g/mol. The summed E-state index contributed by atoms with van der Waals surface area (Å²) < 4.78 is 10.4.